The molecule has 2 N–H and O–H groups in total. The van der Waals surface area contributed by atoms with Gasteiger partial charge in [-0.1, -0.05) is 45.1 Å². The molecule has 1 aromatic carbocycles. The van der Waals surface area contributed by atoms with Crippen molar-refractivity contribution < 1.29 is 33.7 Å². The van der Waals surface area contributed by atoms with E-state index in [4.69, 9.17) is 14.6 Å². The van der Waals surface area contributed by atoms with Gasteiger partial charge in [-0.15, -0.1) is 0 Å². The third-order valence-electron chi connectivity index (χ3n) is 5.88. The second-order valence-electron chi connectivity index (χ2n) is 8.43. The van der Waals surface area contributed by atoms with E-state index < -0.39 is 36.6 Å². The number of hydrogen-bond acceptors (Lipinski definition) is 6. The summed E-state index contributed by atoms with van der Waals surface area (Å²) >= 11 is 0. The molecular weight excluding hydrogens is 427 g/mol. The lowest BCUT2D eigenvalue weighted by Gasteiger charge is -2.22. The topological polar surface area (TPSA) is 93.1 Å². The van der Waals surface area contributed by atoms with Gasteiger partial charge >= 0.3 is 11.9 Å². The number of hydrogen-bond donors (Lipinski definition) is 2. The van der Waals surface area contributed by atoms with E-state index in [1.165, 1.54) is 12.1 Å². The van der Waals surface area contributed by atoms with Crippen LogP contribution >= 0.6 is 0 Å². The SMILES string of the molecule is C=C(CO)C(=O)OC1=CC2(OC(=O)C(=C)CO)CC2C(c2ccc(CCCCC)cc2F)=C1. The summed E-state index contributed by atoms with van der Waals surface area (Å²) in [5.41, 5.74) is 0.369. The van der Waals surface area contributed by atoms with Gasteiger partial charge in [0.15, 0.2) is 0 Å². The van der Waals surface area contributed by atoms with Crippen LogP contribution in [0.4, 0.5) is 4.39 Å². The van der Waals surface area contributed by atoms with Crippen LogP contribution in [0.5, 0.6) is 0 Å². The number of esters is 2. The van der Waals surface area contributed by atoms with E-state index in [1.807, 2.05) is 6.07 Å². The zero-order valence-electron chi connectivity index (χ0n) is 18.7. The van der Waals surface area contributed by atoms with Gasteiger partial charge in [0.05, 0.1) is 24.4 Å². The molecule has 6 nitrogen and oxygen atoms in total. The third-order valence-corrected chi connectivity index (χ3v) is 5.88. The van der Waals surface area contributed by atoms with Crippen molar-refractivity contribution in [2.45, 2.75) is 44.6 Å². The summed E-state index contributed by atoms with van der Waals surface area (Å²) in [6, 6.07) is 5.07. The maximum absolute atomic E-state index is 15.1. The highest BCUT2D eigenvalue weighted by atomic mass is 19.1. The summed E-state index contributed by atoms with van der Waals surface area (Å²) < 4.78 is 26.0. The van der Waals surface area contributed by atoms with Gasteiger partial charge in [-0.25, -0.2) is 14.0 Å². The van der Waals surface area contributed by atoms with Crippen molar-refractivity contribution in [1.82, 2.24) is 0 Å². The number of aliphatic hydroxyl groups excluding tert-OH is 2. The summed E-state index contributed by atoms with van der Waals surface area (Å²) in [6.07, 6.45) is 7.31. The predicted octanol–water partition coefficient (Wildman–Crippen LogP) is 3.78. The van der Waals surface area contributed by atoms with Crippen LogP contribution in [0, 0.1) is 11.7 Å². The monoisotopic (exact) mass is 456 g/mol. The molecule has 3 rings (SSSR count). The molecule has 0 bridgehead atoms. The first kappa shape index (κ1) is 24.6. The average Bonchev–Trinajstić information content (AvgIpc) is 3.51. The zero-order chi connectivity index (χ0) is 24.2. The fraction of sp³-hybridized carbons (Fsp3) is 0.385. The van der Waals surface area contributed by atoms with Crippen LogP contribution in [0.3, 0.4) is 0 Å². The smallest absolute Gasteiger partial charge is 0.341 e. The molecule has 1 fully saturated rings. The fourth-order valence-electron chi connectivity index (χ4n) is 3.88. The maximum atomic E-state index is 15.1. The van der Waals surface area contributed by atoms with Gasteiger partial charge < -0.3 is 19.7 Å². The van der Waals surface area contributed by atoms with Gasteiger partial charge in [0, 0.05) is 24.0 Å². The molecule has 0 spiro atoms. The minimum atomic E-state index is -1.14. The summed E-state index contributed by atoms with van der Waals surface area (Å²) in [5, 5.41) is 18.3. The van der Waals surface area contributed by atoms with E-state index in [-0.39, 0.29) is 22.8 Å². The Labute approximate surface area is 192 Å². The summed E-state index contributed by atoms with van der Waals surface area (Å²) in [5.74, 6) is -2.31. The van der Waals surface area contributed by atoms with Crippen molar-refractivity contribution in [2.75, 3.05) is 13.2 Å². The third kappa shape index (κ3) is 5.49. The van der Waals surface area contributed by atoms with Gasteiger partial charge in [0.25, 0.3) is 0 Å². The number of aliphatic hydroxyl groups is 2. The lowest BCUT2D eigenvalue weighted by atomic mass is 9.92. The van der Waals surface area contributed by atoms with E-state index in [2.05, 4.69) is 20.1 Å². The standard InChI is InChI=1S/C26H29FO6/c1-4-5-6-7-18-8-9-20(23(27)10-18)21-11-19(32-24(30)16(2)14-28)12-26(13-22(21)26)33-25(31)17(3)15-29/h8-12,22,28-29H,2-7,13-15H2,1H3. The van der Waals surface area contributed by atoms with E-state index in [0.717, 1.165) is 31.2 Å². The van der Waals surface area contributed by atoms with Crippen molar-refractivity contribution in [3.63, 3.8) is 0 Å². The maximum Gasteiger partial charge on any atom is 0.341 e. The molecule has 1 aromatic rings. The average molecular weight is 457 g/mol. The highest BCUT2D eigenvalue weighted by molar-refractivity contribution is 5.91. The van der Waals surface area contributed by atoms with Crippen LogP contribution in [0.1, 0.15) is 43.7 Å². The Kier molecular flexibility index (Phi) is 7.66. The van der Waals surface area contributed by atoms with Gasteiger partial charge in [-0.3, -0.25) is 0 Å². The number of fused-ring (bicyclic) bond motifs is 1. The molecule has 2 atom stereocenters. The van der Waals surface area contributed by atoms with E-state index in [0.29, 0.717) is 17.6 Å². The second kappa shape index (κ2) is 10.3. The van der Waals surface area contributed by atoms with Crippen LogP contribution in [-0.2, 0) is 25.5 Å². The molecule has 0 saturated heterocycles. The summed E-state index contributed by atoms with van der Waals surface area (Å²) in [7, 11) is 0. The molecular formula is C26H29FO6. The van der Waals surface area contributed by atoms with Crippen LogP contribution in [0.15, 0.2) is 60.4 Å². The van der Waals surface area contributed by atoms with E-state index >= 15 is 4.39 Å². The highest BCUT2D eigenvalue weighted by Crippen LogP contribution is 2.58. The Morgan fingerprint density at radius 2 is 1.85 bits per heavy atom. The molecule has 0 heterocycles. The Bertz CT molecular complexity index is 1040. The lowest BCUT2D eigenvalue weighted by molar-refractivity contribution is -0.144. The van der Waals surface area contributed by atoms with Gasteiger partial charge in [0.2, 0.25) is 0 Å². The van der Waals surface area contributed by atoms with E-state index in [1.54, 1.807) is 12.1 Å². The van der Waals surface area contributed by atoms with Gasteiger partial charge in [-0.05, 0) is 36.1 Å². The van der Waals surface area contributed by atoms with Crippen LogP contribution < -0.4 is 0 Å². The Balaban J connectivity index is 1.91. The number of aryl methyl sites for hydroxylation is 1. The second-order valence-corrected chi connectivity index (χ2v) is 8.43. The van der Waals surface area contributed by atoms with E-state index in [9.17, 15) is 14.7 Å². The van der Waals surface area contributed by atoms with Gasteiger partial charge in [-0.2, -0.15) is 0 Å². The first-order valence-corrected chi connectivity index (χ1v) is 11.0. The normalized spacial score (nSPS) is 20.8. The molecule has 0 aromatic heterocycles. The molecule has 2 aliphatic carbocycles. The van der Waals surface area contributed by atoms with Crippen molar-refractivity contribution in [1.29, 1.82) is 0 Å². The number of carbonyl (C=O) groups excluding carboxylic acids is 2. The fourth-order valence-corrected chi connectivity index (χ4v) is 3.88. The summed E-state index contributed by atoms with van der Waals surface area (Å²) in [6.45, 7) is 7.90. The Hall–Kier alpha value is -3.03. The molecule has 0 amide bonds. The first-order chi connectivity index (χ1) is 15.7. The van der Waals surface area contributed by atoms with Crippen molar-refractivity contribution >= 4 is 17.5 Å². The van der Waals surface area contributed by atoms with Crippen LogP contribution in [-0.4, -0.2) is 41.0 Å². The number of halogens is 1. The number of rotatable bonds is 11. The number of benzene rings is 1. The Morgan fingerprint density at radius 1 is 1.15 bits per heavy atom. The molecule has 2 aliphatic rings. The molecule has 1 saturated carbocycles. The molecule has 7 heteroatoms. The first-order valence-electron chi connectivity index (χ1n) is 11.0. The van der Waals surface area contributed by atoms with Crippen LogP contribution in [0.25, 0.3) is 5.57 Å². The van der Waals surface area contributed by atoms with Crippen molar-refractivity contribution in [3.05, 3.63) is 77.4 Å². The zero-order valence-corrected chi connectivity index (χ0v) is 18.7. The number of unbranched alkanes of at least 4 members (excludes halogenated alkanes) is 2. The minimum Gasteiger partial charge on any atom is -0.451 e. The minimum absolute atomic E-state index is 0.0622. The lowest BCUT2D eigenvalue weighted by Crippen LogP contribution is -2.25. The van der Waals surface area contributed by atoms with Crippen LogP contribution in [0.2, 0.25) is 0 Å². The number of ether oxygens (including phenoxy) is 2. The predicted molar refractivity (Wildman–Crippen MR) is 121 cm³/mol. The summed E-state index contributed by atoms with van der Waals surface area (Å²) in [4.78, 5) is 24.4. The molecule has 0 radical (unpaired) electrons. The molecule has 2 unspecified atom stereocenters. The van der Waals surface area contributed by atoms with Crippen molar-refractivity contribution in [3.8, 4) is 0 Å². The molecule has 0 aliphatic heterocycles. The number of carbonyl (C=O) groups is 2. The van der Waals surface area contributed by atoms with Crippen molar-refractivity contribution in [2.24, 2.45) is 5.92 Å². The quantitative estimate of drug-likeness (QED) is 0.299. The largest absolute Gasteiger partial charge is 0.451 e. The number of allylic oxidation sites excluding steroid dienone is 1. The Morgan fingerprint density at radius 3 is 2.48 bits per heavy atom. The highest BCUT2D eigenvalue weighted by Gasteiger charge is 2.60. The molecule has 33 heavy (non-hydrogen) atoms. The van der Waals surface area contributed by atoms with Gasteiger partial charge in [0.1, 0.15) is 17.2 Å². The molecule has 176 valence electrons.